The smallest absolute Gasteiger partial charge is 0.146 e. The number of fused-ring (bicyclic) bond motifs is 1. The highest BCUT2D eigenvalue weighted by atomic mass is 16.7. The molecule has 3 atom stereocenters. The van der Waals surface area contributed by atoms with Crippen LogP contribution in [0.2, 0.25) is 0 Å². The zero-order chi connectivity index (χ0) is 30.6. The molecular weight excluding hydrogens is 558 g/mol. The Morgan fingerprint density at radius 3 is 2.27 bits per heavy atom. The number of methoxy groups -OCH3 is 3. The first-order chi connectivity index (χ1) is 21.7. The zero-order valence-electron chi connectivity index (χ0n) is 25.8. The van der Waals surface area contributed by atoms with Gasteiger partial charge in [0.25, 0.3) is 0 Å². The SMILES string of the molecule is COCO[C@@H]1CNC[C@H](OCc2cc(OC)c3ccccc3c2)[C@@H]1c1ccc(OCCCOCc2ccccc2OC)cc1. The molecule has 5 rings (SSSR count). The van der Waals surface area contributed by atoms with E-state index in [1.165, 1.54) is 0 Å². The average Bonchev–Trinajstić information content (AvgIpc) is 3.08. The summed E-state index contributed by atoms with van der Waals surface area (Å²) >= 11 is 0. The first-order valence-corrected chi connectivity index (χ1v) is 15.1. The van der Waals surface area contributed by atoms with Crippen LogP contribution in [0.5, 0.6) is 17.2 Å². The lowest BCUT2D eigenvalue weighted by atomic mass is 9.85. The fourth-order valence-corrected chi connectivity index (χ4v) is 5.70. The highest BCUT2D eigenvalue weighted by Crippen LogP contribution is 2.33. The van der Waals surface area contributed by atoms with Gasteiger partial charge in [-0.05, 0) is 46.8 Å². The van der Waals surface area contributed by atoms with Gasteiger partial charge in [0.15, 0.2) is 0 Å². The molecule has 8 nitrogen and oxygen atoms in total. The Balaban J connectivity index is 1.18. The number of piperidine rings is 1. The second-order valence-electron chi connectivity index (χ2n) is 10.8. The minimum atomic E-state index is -0.105. The molecule has 1 saturated heterocycles. The lowest BCUT2D eigenvalue weighted by Gasteiger charge is -2.38. The predicted octanol–water partition coefficient (Wildman–Crippen LogP) is 6.10. The molecule has 4 aromatic rings. The van der Waals surface area contributed by atoms with Crippen LogP contribution in [-0.2, 0) is 32.2 Å². The lowest BCUT2D eigenvalue weighted by molar-refractivity contribution is -0.113. The van der Waals surface area contributed by atoms with Crippen LogP contribution in [0.3, 0.4) is 0 Å². The summed E-state index contributed by atoms with van der Waals surface area (Å²) in [6.07, 6.45) is 0.579. The molecule has 0 amide bonds. The third kappa shape index (κ3) is 8.28. The monoisotopic (exact) mass is 601 g/mol. The van der Waals surface area contributed by atoms with Crippen LogP contribution in [0, 0.1) is 0 Å². The highest BCUT2D eigenvalue weighted by Gasteiger charge is 2.36. The minimum absolute atomic E-state index is 0.0196. The molecule has 8 heteroatoms. The molecule has 1 heterocycles. The molecule has 234 valence electrons. The molecule has 4 aromatic carbocycles. The van der Waals surface area contributed by atoms with Gasteiger partial charge in [-0.2, -0.15) is 0 Å². The fourth-order valence-electron chi connectivity index (χ4n) is 5.70. The molecule has 1 aliphatic rings. The molecular formula is C36H43NO7. The van der Waals surface area contributed by atoms with E-state index >= 15 is 0 Å². The first-order valence-electron chi connectivity index (χ1n) is 15.1. The first kappa shape index (κ1) is 31.8. The van der Waals surface area contributed by atoms with Crippen LogP contribution in [0.1, 0.15) is 29.0 Å². The number of ether oxygens (including phenoxy) is 7. The van der Waals surface area contributed by atoms with E-state index in [-0.39, 0.29) is 24.9 Å². The molecule has 0 spiro atoms. The van der Waals surface area contributed by atoms with E-state index in [9.17, 15) is 0 Å². The third-order valence-corrected chi connectivity index (χ3v) is 7.88. The van der Waals surface area contributed by atoms with Crippen molar-refractivity contribution in [3.05, 3.63) is 102 Å². The molecule has 1 N–H and O–H groups in total. The summed E-state index contributed by atoms with van der Waals surface area (Å²) in [6, 6.07) is 28.6. The Kier molecular flexibility index (Phi) is 11.9. The van der Waals surface area contributed by atoms with Gasteiger partial charge in [-0.25, -0.2) is 0 Å². The van der Waals surface area contributed by atoms with Crippen molar-refractivity contribution in [1.82, 2.24) is 5.32 Å². The number of rotatable bonds is 16. The van der Waals surface area contributed by atoms with Crippen LogP contribution >= 0.6 is 0 Å². The maximum absolute atomic E-state index is 6.58. The van der Waals surface area contributed by atoms with E-state index in [1.54, 1.807) is 21.3 Å². The largest absolute Gasteiger partial charge is 0.496 e. The van der Waals surface area contributed by atoms with Crippen LogP contribution in [0.4, 0.5) is 0 Å². The second kappa shape index (κ2) is 16.4. The Hall–Kier alpha value is -3.66. The standard InChI is InChI=1S/C36H43NO7/c1-38-25-44-35-22-37-21-34(43-23-26-19-28-9-4-6-11-31(28)33(20-26)40-3)36(35)27-13-15-30(16-14-27)42-18-8-17-41-24-29-10-5-7-12-32(29)39-2/h4-7,9-16,19-20,34-37H,8,17-18,21-25H2,1-3H3/t34-,35+,36-/m0/s1. The molecule has 0 bridgehead atoms. The van der Waals surface area contributed by atoms with Gasteiger partial charge < -0.3 is 38.5 Å². The maximum Gasteiger partial charge on any atom is 0.146 e. The van der Waals surface area contributed by atoms with Crippen molar-refractivity contribution in [3.8, 4) is 17.2 Å². The summed E-state index contributed by atoms with van der Waals surface area (Å²) in [5.74, 6) is 2.53. The number of hydrogen-bond donors (Lipinski definition) is 1. The summed E-state index contributed by atoms with van der Waals surface area (Å²) in [5, 5.41) is 5.70. The van der Waals surface area contributed by atoms with Crippen LogP contribution in [0.15, 0.2) is 84.9 Å². The summed E-state index contributed by atoms with van der Waals surface area (Å²) in [7, 11) is 5.02. The highest BCUT2D eigenvalue weighted by molar-refractivity contribution is 5.89. The van der Waals surface area contributed by atoms with Gasteiger partial charge in [0.2, 0.25) is 0 Å². The number of para-hydroxylation sites is 1. The summed E-state index contributed by atoms with van der Waals surface area (Å²) in [4.78, 5) is 0. The molecule has 1 fully saturated rings. The van der Waals surface area contributed by atoms with Crippen molar-refractivity contribution < 1.29 is 33.2 Å². The number of nitrogens with one attached hydrogen (secondary N) is 1. The average molecular weight is 602 g/mol. The fraction of sp³-hybridized carbons (Fsp3) is 0.389. The van der Waals surface area contributed by atoms with E-state index < -0.39 is 0 Å². The number of hydrogen-bond acceptors (Lipinski definition) is 8. The Labute approximate surface area is 260 Å². The predicted molar refractivity (Wildman–Crippen MR) is 171 cm³/mol. The molecule has 0 saturated carbocycles. The van der Waals surface area contributed by atoms with Crippen LogP contribution in [-0.4, -0.2) is 66.6 Å². The van der Waals surface area contributed by atoms with Gasteiger partial charge in [-0.3, -0.25) is 0 Å². The Morgan fingerprint density at radius 2 is 1.48 bits per heavy atom. The van der Waals surface area contributed by atoms with Gasteiger partial charge >= 0.3 is 0 Å². The van der Waals surface area contributed by atoms with Gasteiger partial charge in [0.05, 0.1) is 52.9 Å². The second-order valence-corrected chi connectivity index (χ2v) is 10.8. The van der Waals surface area contributed by atoms with Crippen molar-refractivity contribution >= 4 is 10.8 Å². The van der Waals surface area contributed by atoms with Crippen LogP contribution in [0.25, 0.3) is 10.8 Å². The van der Waals surface area contributed by atoms with Crippen molar-refractivity contribution in [2.24, 2.45) is 0 Å². The van der Waals surface area contributed by atoms with Gasteiger partial charge in [-0.15, -0.1) is 0 Å². The van der Waals surface area contributed by atoms with E-state index in [1.807, 2.05) is 48.5 Å². The molecule has 0 radical (unpaired) electrons. The Morgan fingerprint density at radius 1 is 0.727 bits per heavy atom. The van der Waals surface area contributed by atoms with Gasteiger partial charge in [0, 0.05) is 43.5 Å². The third-order valence-electron chi connectivity index (χ3n) is 7.88. The van der Waals surface area contributed by atoms with E-state index in [0.717, 1.165) is 57.7 Å². The van der Waals surface area contributed by atoms with Gasteiger partial charge in [-0.1, -0.05) is 54.6 Å². The van der Waals surface area contributed by atoms with Crippen molar-refractivity contribution in [2.75, 3.05) is 54.4 Å². The van der Waals surface area contributed by atoms with Crippen molar-refractivity contribution in [1.29, 1.82) is 0 Å². The van der Waals surface area contributed by atoms with E-state index in [0.29, 0.717) is 33.0 Å². The molecule has 0 unspecified atom stereocenters. The topological polar surface area (TPSA) is 76.6 Å². The Bertz CT molecular complexity index is 1440. The lowest BCUT2D eigenvalue weighted by Crippen LogP contribution is -2.50. The van der Waals surface area contributed by atoms with Gasteiger partial charge in [0.1, 0.15) is 24.0 Å². The normalized spacial score (nSPS) is 18.3. The molecule has 44 heavy (non-hydrogen) atoms. The summed E-state index contributed by atoms with van der Waals surface area (Å²) in [5.41, 5.74) is 3.24. The van der Waals surface area contributed by atoms with Crippen molar-refractivity contribution in [2.45, 2.75) is 37.8 Å². The molecule has 0 aromatic heterocycles. The summed E-state index contributed by atoms with van der Waals surface area (Å²) in [6.45, 7) is 3.79. The quantitative estimate of drug-likeness (QED) is 0.122. The van der Waals surface area contributed by atoms with E-state index in [2.05, 4.69) is 41.7 Å². The minimum Gasteiger partial charge on any atom is -0.496 e. The summed E-state index contributed by atoms with van der Waals surface area (Å²) < 4.78 is 40.9. The van der Waals surface area contributed by atoms with E-state index in [4.69, 9.17) is 33.2 Å². The number of benzene rings is 4. The maximum atomic E-state index is 6.58. The molecule has 0 aliphatic carbocycles. The zero-order valence-corrected chi connectivity index (χ0v) is 25.8. The van der Waals surface area contributed by atoms with Crippen molar-refractivity contribution in [3.63, 3.8) is 0 Å². The molecule has 1 aliphatic heterocycles. The van der Waals surface area contributed by atoms with Crippen LogP contribution < -0.4 is 19.5 Å².